The van der Waals surface area contributed by atoms with Crippen molar-refractivity contribution in [3.8, 4) is 5.75 Å². The van der Waals surface area contributed by atoms with Crippen LogP contribution in [0.25, 0.3) is 0 Å². The summed E-state index contributed by atoms with van der Waals surface area (Å²) in [4.78, 5) is 21.8. The number of piperazine rings is 2. The van der Waals surface area contributed by atoms with Crippen molar-refractivity contribution in [2.75, 3.05) is 88.2 Å². The smallest absolute Gasteiger partial charge is 0.222 e. The lowest BCUT2D eigenvalue weighted by atomic mass is 10.1. The first kappa shape index (κ1) is 25.5. The second kappa shape index (κ2) is 12.4. The van der Waals surface area contributed by atoms with Gasteiger partial charge in [-0.15, -0.1) is 0 Å². The standard InChI is InChI=1S/C27H38ClN5O2/c1-30-14-16-33(17-15-30)27-22(28)8-7-9-23(27)29-13-6-5-12-26(34)32-20-18-31(19-21-32)24-10-3-4-11-25(24)35-2/h3-4,7-11,29H,5-6,12-21H2,1-2H3. The molecule has 2 aromatic rings. The van der Waals surface area contributed by atoms with Gasteiger partial charge in [-0.25, -0.2) is 0 Å². The third kappa shape index (κ3) is 6.53. The molecule has 2 saturated heterocycles. The number of ether oxygens (including phenoxy) is 1. The Morgan fingerprint density at radius 2 is 1.63 bits per heavy atom. The Kier molecular flexibility index (Phi) is 8.99. The van der Waals surface area contributed by atoms with Gasteiger partial charge in [-0.3, -0.25) is 4.79 Å². The molecule has 0 aromatic heterocycles. The predicted octanol–water partition coefficient (Wildman–Crippen LogP) is 4.03. The minimum Gasteiger partial charge on any atom is -0.495 e. The average Bonchev–Trinajstić information content (AvgIpc) is 2.89. The summed E-state index contributed by atoms with van der Waals surface area (Å²) in [6.45, 7) is 8.05. The number of halogens is 1. The van der Waals surface area contributed by atoms with Crippen LogP contribution in [0, 0.1) is 0 Å². The third-order valence-corrected chi connectivity index (χ3v) is 7.30. The highest BCUT2D eigenvalue weighted by Crippen LogP contribution is 2.34. The van der Waals surface area contributed by atoms with Crippen LogP contribution >= 0.6 is 11.6 Å². The monoisotopic (exact) mass is 499 g/mol. The van der Waals surface area contributed by atoms with E-state index in [1.165, 1.54) is 0 Å². The minimum atomic E-state index is 0.255. The molecule has 0 atom stereocenters. The number of para-hydroxylation sites is 3. The quantitative estimate of drug-likeness (QED) is 0.526. The van der Waals surface area contributed by atoms with Crippen LogP contribution < -0.4 is 19.9 Å². The van der Waals surface area contributed by atoms with Crippen LogP contribution in [0.5, 0.6) is 5.75 Å². The summed E-state index contributed by atoms with van der Waals surface area (Å²) in [5, 5.41) is 4.36. The number of nitrogens with zero attached hydrogens (tertiary/aromatic N) is 4. The molecule has 2 aliphatic heterocycles. The molecule has 1 N–H and O–H groups in total. The van der Waals surface area contributed by atoms with E-state index in [4.69, 9.17) is 16.3 Å². The first-order valence-electron chi connectivity index (χ1n) is 12.7. The fraction of sp³-hybridized carbons (Fsp3) is 0.519. The molecule has 2 aromatic carbocycles. The second-order valence-corrected chi connectivity index (χ2v) is 9.76. The molecule has 4 rings (SSSR count). The number of hydrogen-bond acceptors (Lipinski definition) is 6. The van der Waals surface area contributed by atoms with Gasteiger partial charge in [-0.2, -0.15) is 0 Å². The maximum Gasteiger partial charge on any atom is 0.222 e. The molecule has 0 bridgehead atoms. The molecule has 7 nitrogen and oxygen atoms in total. The summed E-state index contributed by atoms with van der Waals surface area (Å²) in [5.74, 6) is 1.14. The van der Waals surface area contributed by atoms with Gasteiger partial charge in [0.15, 0.2) is 0 Å². The fourth-order valence-corrected chi connectivity index (χ4v) is 5.17. The zero-order valence-electron chi connectivity index (χ0n) is 21.0. The Balaban J connectivity index is 1.19. The molecular formula is C27H38ClN5O2. The van der Waals surface area contributed by atoms with E-state index < -0.39 is 0 Å². The summed E-state index contributed by atoms with van der Waals surface area (Å²) in [6.07, 6.45) is 2.42. The Hall–Kier alpha value is -2.64. The van der Waals surface area contributed by atoms with Gasteiger partial charge in [-0.05, 0) is 44.2 Å². The molecule has 1 amide bonds. The van der Waals surface area contributed by atoms with E-state index in [0.717, 1.165) is 99.6 Å². The van der Waals surface area contributed by atoms with Crippen LogP contribution in [0.3, 0.4) is 0 Å². The Bertz CT molecular complexity index is 972. The van der Waals surface area contributed by atoms with Crippen molar-refractivity contribution in [2.24, 2.45) is 0 Å². The van der Waals surface area contributed by atoms with Crippen LogP contribution in [0.15, 0.2) is 42.5 Å². The lowest BCUT2D eigenvalue weighted by Crippen LogP contribution is -2.48. The molecule has 0 aliphatic carbocycles. The fourth-order valence-electron chi connectivity index (χ4n) is 4.88. The normalized spacial score (nSPS) is 16.9. The lowest BCUT2D eigenvalue weighted by Gasteiger charge is -2.36. The maximum atomic E-state index is 12.8. The Labute approximate surface area is 214 Å². The summed E-state index contributed by atoms with van der Waals surface area (Å²) in [7, 11) is 3.86. The van der Waals surface area contributed by atoms with Crippen LogP contribution in [-0.2, 0) is 4.79 Å². The van der Waals surface area contributed by atoms with Crippen molar-refractivity contribution in [2.45, 2.75) is 19.3 Å². The highest BCUT2D eigenvalue weighted by atomic mass is 35.5. The molecule has 2 fully saturated rings. The Morgan fingerprint density at radius 3 is 2.37 bits per heavy atom. The number of unbranched alkanes of at least 4 members (excludes halogenated alkanes) is 1. The first-order chi connectivity index (χ1) is 17.1. The van der Waals surface area contributed by atoms with E-state index in [-0.39, 0.29) is 5.91 Å². The van der Waals surface area contributed by atoms with Crippen LogP contribution in [0.1, 0.15) is 19.3 Å². The van der Waals surface area contributed by atoms with Gasteiger partial charge in [-0.1, -0.05) is 29.8 Å². The number of amides is 1. The highest BCUT2D eigenvalue weighted by molar-refractivity contribution is 6.34. The molecular weight excluding hydrogens is 462 g/mol. The van der Waals surface area contributed by atoms with Gasteiger partial charge in [0.25, 0.3) is 0 Å². The molecule has 0 radical (unpaired) electrons. The average molecular weight is 500 g/mol. The van der Waals surface area contributed by atoms with E-state index in [1.54, 1.807) is 7.11 Å². The van der Waals surface area contributed by atoms with Crippen molar-refractivity contribution in [1.82, 2.24) is 9.80 Å². The summed E-state index contributed by atoms with van der Waals surface area (Å²) in [5.41, 5.74) is 3.29. The largest absolute Gasteiger partial charge is 0.495 e. The van der Waals surface area contributed by atoms with Crippen molar-refractivity contribution in [3.05, 3.63) is 47.5 Å². The third-order valence-electron chi connectivity index (χ3n) is 7.00. The molecule has 2 aliphatic rings. The molecule has 190 valence electrons. The number of carbonyl (C=O) groups excluding carboxylic acids is 1. The van der Waals surface area contributed by atoms with Crippen molar-refractivity contribution >= 4 is 34.6 Å². The van der Waals surface area contributed by atoms with Crippen molar-refractivity contribution < 1.29 is 9.53 Å². The number of carbonyl (C=O) groups is 1. The zero-order chi connectivity index (χ0) is 24.6. The summed E-state index contributed by atoms with van der Waals surface area (Å²) >= 11 is 6.58. The highest BCUT2D eigenvalue weighted by Gasteiger charge is 2.23. The van der Waals surface area contributed by atoms with Gasteiger partial charge in [0.05, 0.1) is 29.2 Å². The van der Waals surface area contributed by atoms with Gasteiger partial charge in [0.2, 0.25) is 5.91 Å². The van der Waals surface area contributed by atoms with Gasteiger partial charge in [0, 0.05) is 65.3 Å². The minimum absolute atomic E-state index is 0.255. The lowest BCUT2D eigenvalue weighted by molar-refractivity contribution is -0.131. The number of rotatable bonds is 9. The van der Waals surface area contributed by atoms with Crippen molar-refractivity contribution in [3.63, 3.8) is 0 Å². The van der Waals surface area contributed by atoms with Crippen LogP contribution in [0.2, 0.25) is 5.02 Å². The first-order valence-corrected chi connectivity index (χ1v) is 13.1. The second-order valence-electron chi connectivity index (χ2n) is 9.35. The maximum absolute atomic E-state index is 12.8. The molecule has 0 saturated carbocycles. The number of nitrogens with one attached hydrogen (secondary N) is 1. The molecule has 2 heterocycles. The van der Waals surface area contributed by atoms with E-state index in [0.29, 0.717) is 6.42 Å². The van der Waals surface area contributed by atoms with E-state index in [1.807, 2.05) is 35.2 Å². The Morgan fingerprint density at radius 1 is 0.914 bits per heavy atom. The topological polar surface area (TPSA) is 51.3 Å². The van der Waals surface area contributed by atoms with Gasteiger partial charge < -0.3 is 29.7 Å². The van der Waals surface area contributed by atoms with Crippen LogP contribution in [0.4, 0.5) is 17.1 Å². The molecule has 0 unspecified atom stereocenters. The van der Waals surface area contributed by atoms with Crippen LogP contribution in [-0.4, -0.2) is 88.8 Å². The van der Waals surface area contributed by atoms with E-state index in [9.17, 15) is 4.79 Å². The zero-order valence-corrected chi connectivity index (χ0v) is 21.8. The number of anilines is 3. The van der Waals surface area contributed by atoms with Gasteiger partial charge in [0.1, 0.15) is 5.75 Å². The molecule has 0 spiro atoms. The van der Waals surface area contributed by atoms with Gasteiger partial charge >= 0.3 is 0 Å². The van der Waals surface area contributed by atoms with E-state index in [2.05, 4.69) is 39.2 Å². The van der Waals surface area contributed by atoms with Crippen molar-refractivity contribution in [1.29, 1.82) is 0 Å². The summed E-state index contributed by atoms with van der Waals surface area (Å²) < 4.78 is 5.49. The molecule has 8 heteroatoms. The number of hydrogen-bond donors (Lipinski definition) is 1. The summed E-state index contributed by atoms with van der Waals surface area (Å²) in [6, 6.07) is 14.1. The SMILES string of the molecule is COc1ccccc1N1CCN(C(=O)CCCCNc2cccc(Cl)c2N2CCN(C)CC2)CC1. The number of methoxy groups -OCH3 is 1. The number of benzene rings is 2. The van der Waals surface area contributed by atoms with E-state index >= 15 is 0 Å². The number of likely N-dealkylation sites (N-methyl/N-ethyl adjacent to an activating group) is 1. The molecule has 35 heavy (non-hydrogen) atoms. The predicted molar refractivity (Wildman–Crippen MR) is 145 cm³/mol.